The van der Waals surface area contributed by atoms with Crippen LogP contribution in [0.1, 0.15) is 12.0 Å². The van der Waals surface area contributed by atoms with Gasteiger partial charge in [-0.2, -0.15) is 5.10 Å². The van der Waals surface area contributed by atoms with Crippen LogP contribution >= 0.6 is 0 Å². The highest BCUT2D eigenvalue weighted by molar-refractivity contribution is 5.99. The highest BCUT2D eigenvalue weighted by atomic mass is 16.2. The van der Waals surface area contributed by atoms with E-state index in [2.05, 4.69) is 21.1 Å². The van der Waals surface area contributed by atoms with Crippen molar-refractivity contribution in [2.24, 2.45) is 7.05 Å². The Morgan fingerprint density at radius 3 is 2.52 bits per heavy atom. The third kappa shape index (κ3) is 3.45. The van der Waals surface area contributed by atoms with E-state index in [-0.39, 0.29) is 11.9 Å². The molecule has 0 unspecified atom stereocenters. The van der Waals surface area contributed by atoms with Crippen molar-refractivity contribution >= 4 is 11.6 Å². The maximum Gasteiger partial charge on any atom is 0.244 e. The van der Waals surface area contributed by atoms with Crippen LogP contribution in [0.3, 0.4) is 0 Å². The molecule has 3 heterocycles. The van der Waals surface area contributed by atoms with Crippen LogP contribution in [0.15, 0.2) is 42.7 Å². The standard InChI is InChI=1S/C19H25N5O/c1-21-14-16(13-20-21)15-22-9-11-23(12-10-22)18-7-8-24(19(18)25)17-5-3-2-4-6-17/h2-6,13-14,18H,7-12,15H2,1H3/t18-/m0/s1. The second-order valence-corrected chi connectivity index (χ2v) is 6.96. The number of amides is 1. The zero-order valence-corrected chi connectivity index (χ0v) is 14.7. The molecule has 0 N–H and O–H groups in total. The lowest BCUT2D eigenvalue weighted by molar-refractivity contribution is -0.122. The van der Waals surface area contributed by atoms with Gasteiger partial charge in [-0.1, -0.05) is 18.2 Å². The largest absolute Gasteiger partial charge is 0.311 e. The van der Waals surface area contributed by atoms with Crippen LogP contribution < -0.4 is 4.90 Å². The van der Waals surface area contributed by atoms with Gasteiger partial charge < -0.3 is 4.90 Å². The number of hydrogen-bond acceptors (Lipinski definition) is 4. The fourth-order valence-corrected chi connectivity index (χ4v) is 3.91. The molecule has 6 nitrogen and oxygen atoms in total. The number of rotatable bonds is 4. The molecule has 0 saturated carbocycles. The smallest absolute Gasteiger partial charge is 0.244 e. The van der Waals surface area contributed by atoms with Crippen molar-refractivity contribution in [1.82, 2.24) is 19.6 Å². The van der Waals surface area contributed by atoms with E-state index in [0.29, 0.717) is 0 Å². The molecule has 2 saturated heterocycles. The first-order valence-electron chi connectivity index (χ1n) is 9.01. The molecule has 0 aliphatic carbocycles. The summed E-state index contributed by atoms with van der Waals surface area (Å²) in [5.74, 6) is 0.256. The number of aromatic nitrogens is 2. The Morgan fingerprint density at radius 1 is 1.08 bits per heavy atom. The molecule has 0 radical (unpaired) electrons. The molecule has 2 aliphatic rings. The predicted molar refractivity (Wildman–Crippen MR) is 97.3 cm³/mol. The Kier molecular flexibility index (Phi) is 4.55. The normalized spacial score (nSPS) is 22.7. The molecule has 1 aromatic heterocycles. The van der Waals surface area contributed by atoms with Crippen molar-refractivity contribution in [3.63, 3.8) is 0 Å². The Hall–Kier alpha value is -2.18. The van der Waals surface area contributed by atoms with Crippen LogP contribution in [0.5, 0.6) is 0 Å². The van der Waals surface area contributed by atoms with Crippen molar-refractivity contribution in [2.45, 2.75) is 19.0 Å². The van der Waals surface area contributed by atoms with E-state index in [1.807, 2.05) is 53.2 Å². The Labute approximate surface area is 148 Å². The van der Waals surface area contributed by atoms with E-state index < -0.39 is 0 Å². The van der Waals surface area contributed by atoms with Crippen LogP contribution in [0, 0.1) is 0 Å². The summed E-state index contributed by atoms with van der Waals surface area (Å²) in [5.41, 5.74) is 2.27. The van der Waals surface area contributed by atoms with Crippen molar-refractivity contribution < 1.29 is 4.79 Å². The van der Waals surface area contributed by atoms with Gasteiger partial charge in [0.25, 0.3) is 0 Å². The quantitative estimate of drug-likeness (QED) is 0.843. The third-order valence-corrected chi connectivity index (χ3v) is 5.26. The Balaban J connectivity index is 1.33. The second kappa shape index (κ2) is 6.98. The molecule has 25 heavy (non-hydrogen) atoms. The molecule has 1 amide bonds. The summed E-state index contributed by atoms with van der Waals surface area (Å²) in [6.45, 7) is 5.69. The van der Waals surface area contributed by atoms with Gasteiger partial charge in [-0.25, -0.2) is 0 Å². The van der Waals surface area contributed by atoms with Crippen LogP contribution in [0.2, 0.25) is 0 Å². The molecule has 0 spiro atoms. The van der Waals surface area contributed by atoms with Gasteiger partial charge in [0.2, 0.25) is 5.91 Å². The summed E-state index contributed by atoms with van der Waals surface area (Å²) in [6.07, 6.45) is 4.94. The van der Waals surface area contributed by atoms with Crippen molar-refractivity contribution in [3.05, 3.63) is 48.3 Å². The van der Waals surface area contributed by atoms with Crippen LogP contribution in [0.4, 0.5) is 5.69 Å². The van der Waals surface area contributed by atoms with Gasteiger partial charge in [0.05, 0.1) is 12.2 Å². The molecule has 2 aliphatic heterocycles. The summed E-state index contributed by atoms with van der Waals surface area (Å²) in [4.78, 5) is 19.6. The zero-order valence-electron chi connectivity index (χ0n) is 14.7. The number of benzene rings is 1. The molecule has 132 valence electrons. The summed E-state index contributed by atoms with van der Waals surface area (Å²) >= 11 is 0. The highest BCUT2D eigenvalue weighted by Gasteiger charge is 2.37. The Morgan fingerprint density at radius 2 is 1.84 bits per heavy atom. The number of hydrogen-bond donors (Lipinski definition) is 0. The van der Waals surface area contributed by atoms with Crippen LogP contribution in [-0.2, 0) is 18.4 Å². The zero-order chi connectivity index (χ0) is 17.2. The van der Waals surface area contributed by atoms with Gasteiger partial charge in [0.1, 0.15) is 0 Å². The number of para-hydroxylation sites is 1. The molecule has 2 aromatic rings. The van der Waals surface area contributed by atoms with Gasteiger partial charge in [0, 0.05) is 63.8 Å². The first kappa shape index (κ1) is 16.3. The van der Waals surface area contributed by atoms with Crippen molar-refractivity contribution in [3.8, 4) is 0 Å². The number of aryl methyl sites for hydroxylation is 1. The summed E-state index contributed by atoms with van der Waals surface area (Å²) in [5, 5.41) is 4.24. The lowest BCUT2D eigenvalue weighted by atomic mass is 10.1. The minimum Gasteiger partial charge on any atom is -0.311 e. The third-order valence-electron chi connectivity index (χ3n) is 5.26. The van der Waals surface area contributed by atoms with Gasteiger partial charge in [-0.15, -0.1) is 0 Å². The average Bonchev–Trinajstić information content (AvgIpc) is 3.22. The fraction of sp³-hybridized carbons (Fsp3) is 0.474. The van der Waals surface area contributed by atoms with E-state index in [0.717, 1.165) is 51.4 Å². The topological polar surface area (TPSA) is 44.6 Å². The van der Waals surface area contributed by atoms with E-state index in [4.69, 9.17) is 0 Å². The van der Waals surface area contributed by atoms with Gasteiger partial charge in [0.15, 0.2) is 0 Å². The Bertz CT molecular complexity index is 720. The average molecular weight is 339 g/mol. The lowest BCUT2D eigenvalue weighted by Crippen LogP contribution is -2.52. The SMILES string of the molecule is Cn1cc(CN2CCN([C@H]3CCN(c4ccccc4)C3=O)CC2)cn1. The number of anilines is 1. The maximum absolute atomic E-state index is 12.8. The first-order valence-corrected chi connectivity index (χ1v) is 9.01. The highest BCUT2D eigenvalue weighted by Crippen LogP contribution is 2.25. The first-order chi connectivity index (χ1) is 12.2. The summed E-state index contributed by atoms with van der Waals surface area (Å²) < 4.78 is 1.85. The number of carbonyl (C=O) groups excluding carboxylic acids is 1. The molecule has 2 fully saturated rings. The van der Waals surface area contributed by atoms with Gasteiger partial charge in [-0.3, -0.25) is 19.3 Å². The van der Waals surface area contributed by atoms with Gasteiger partial charge >= 0.3 is 0 Å². The van der Waals surface area contributed by atoms with E-state index in [1.54, 1.807) is 0 Å². The number of piperazine rings is 1. The maximum atomic E-state index is 12.8. The van der Waals surface area contributed by atoms with Crippen LogP contribution in [0.25, 0.3) is 0 Å². The molecular weight excluding hydrogens is 314 g/mol. The number of nitrogens with zero attached hydrogens (tertiary/aromatic N) is 5. The lowest BCUT2D eigenvalue weighted by Gasteiger charge is -2.37. The summed E-state index contributed by atoms with van der Waals surface area (Å²) in [6, 6.07) is 10.1. The molecular formula is C19H25N5O. The molecule has 1 atom stereocenters. The monoisotopic (exact) mass is 339 g/mol. The van der Waals surface area contributed by atoms with Gasteiger partial charge in [-0.05, 0) is 18.6 Å². The molecule has 6 heteroatoms. The molecule has 4 rings (SSSR count). The van der Waals surface area contributed by atoms with E-state index in [1.165, 1.54) is 5.56 Å². The van der Waals surface area contributed by atoms with Crippen molar-refractivity contribution in [2.75, 3.05) is 37.6 Å². The molecule has 0 bridgehead atoms. The van der Waals surface area contributed by atoms with E-state index in [9.17, 15) is 4.79 Å². The fourth-order valence-electron chi connectivity index (χ4n) is 3.91. The van der Waals surface area contributed by atoms with Crippen molar-refractivity contribution in [1.29, 1.82) is 0 Å². The minimum atomic E-state index is 0.0424. The minimum absolute atomic E-state index is 0.0424. The van der Waals surface area contributed by atoms with E-state index >= 15 is 0 Å². The van der Waals surface area contributed by atoms with Crippen LogP contribution in [-0.4, -0.2) is 64.3 Å². The molecule has 1 aromatic carbocycles. The number of carbonyl (C=O) groups is 1. The second-order valence-electron chi connectivity index (χ2n) is 6.96. The predicted octanol–water partition coefficient (Wildman–Crippen LogP) is 1.34. The summed E-state index contributed by atoms with van der Waals surface area (Å²) in [7, 11) is 1.95.